The molecule has 1 aliphatic carbocycles. The molecule has 1 aromatic heterocycles. The van der Waals surface area contributed by atoms with Crippen molar-refractivity contribution in [2.24, 2.45) is 16.1 Å². The molecule has 0 saturated heterocycles. The van der Waals surface area contributed by atoms with E-state index < -0.39 is 0 Å². The Hall–Kier alpha value is -2.95. The first-order chi connectivity index (χ1) is 11.2. The second-order valence-corrected chi connectivity index (χ2v) is 5.77. The van der Waals surface area contributed by atoms with Crippen molar-refractivity contribution in [1.82, 2.24) is 4.98 Å². The van der Waals surface area contributed by atoms with E-state index in [1.807, 2.05) is 54.6 Å². The van der Waals surface area contributed by atoms with Gasteiger partial charge in [-0.25, -0.2) is 0 Å². The average Bonchev–Trinajstić information content (AvgIpc) is 3.32. The van der Waals surface area contributed by atoms with E-state index in [1.165, 1.54) is 0 Å². The van der Waals surface area contributed by atoms with Gasteiger partial charge in [-0.05, 0) is 24.0 Å². The standard InChI is InChI=1S/C18H15N3O2/c22-17(14-10-13(14)11-6-2-1-3-7-11)21-20-16-12-8-4-5-9-15(12)19-18(16)23/h1-9,13-14,19,23H,10H2/t13-,14+/m1/s1. The first kappa shape index (κ1) is 13.7. The summed E-state index contributed by atoms with van der Waals surface area (Å²) < 4.78 is 0. The zero-order valence-electron chi connectivity index (χ0n) is 12.3. The zero-order valence-corrected chi connectivity index (χ0v) is 12.3. The van der Waals surface area contributed by atoms with Crippen LogP contribution in [0.2, 0.25) is 0 Å². The van der Waals surface area contributed by atoms with Gasteiger partial charge in [0.2, 0.25) is 5.88 Å². The SMILES string of the molecule is O=C(N=Nc1c(O)[nH]c2ccccc12)[C@H]1C[C@@H]1c1ccccc1. The van der Waals surface area contributed by atoms with Gasteiger partial charge in [-0.1, -0.05) is 48.5 Å². The predicted molar refractivity (Wildman–Crippen MR) is 86.8 cm³/mol. The molecule has 5 heteroatoms. The van der Waals surface area contributed by atoms with Crippen LogP contribution in [0, 0.1) is 5.92 Å². The van der Waals surface area contributed by atoms with Crippen LogP contribution in [0.25, 0.3) is 10.9 Å². The topological polar surface area (TPSA) is 77.8 Å². The number of hydrogen-bond acceptors (Lipinski definition) is 3. The Morgan fingerprint density at radius 3 is 2.65 bits per heavy atom. The molecular formula is C18H15N3O2. The van der Waals surface area contributed by atoms with Gasteiger partial charge in [-0.2, -0.15) is 0 Å². The summed E-state index contributed by atoms with van der Waals surface area (Å²) in [4.78, 5) is 15.0. The number of para-hydroxylation sites is 1. The van der Waals surface area contributed by atoms with Gasteiger partial charge < -0.3 is 10.1 Å². The fourth-order valence-electron chi connectivity index (χ4n) is 2.92. The van der Waals surface area contributed by atoms with Crippen LogP contribution in [0.15, 0.2) is 64.8 Å². The lowest BCUT2D eigenvalue weighted by Gasteiger charge is -1.96. The number of amides is 1. The van der Waals surface area contributed by atoms with Crippen molar-refractivity contribution >= 4 is 22.5 Å². The van der Waals surface area contributed by atoms with Crippen LogP contribution >= 0.6 is 0 Å². The van der Waals surface area contributed by atoms with Gasteiger partial charge in [0, 0.05) is 11.3 Å². The third-order valence-electron chi connectivity index (χ3n) is 4.24. The molecule has 2 N–H and O–H groups in total. The summed E-state index contributed by atoms with van der Waals surface area (Å²) >= 11 is 0. The molecule has 1 amide bonds. The molecule has 2 aromatic carbocycles. The molecule has 0 aliphatic heterocycles. The molecule has 4 rings (SSSR count). The number of aromatic hydroxyl groups is 1. The highest BCUT2D eigenvalue weighted by atomic mass is 16.3. The molecule has 2 atom stereocenters. The van der Waals surface area contributed by atoms with Crippen molar-refractivity contribution in [3.8, 4) is 5.88 Å². The molecule has 3 aromatic rings. The van der Waals surface area contributed by atoms with Crippen LogP contribution in [-0.2, 0) is 4.79 Å². The number of benzene rings is 2. The minimum absolute atomic E-state index is 0.0712. The minimum atomic E-state index is -0.233. The van der Waals surface area contributed by atoms with Crippen LogP contribution in [0.1, 0.15) is 17.9 Å². The Morgan fingerprint density at radius 1 is 1.09 bits per heavy atom. The lowest BCUT2D eigenvalue weighted by Crippen LogP contribution is -1.96. The molecule has 1 saturated carbocycles. The summed E-state index contributed by atoms with van der Waals surface area (Å²) in [5.74, 6) is -0.172. The van der Waals surface area contributed by atoms with Gasteiger partial charge in [0.1, 0.15) is 0 Å². The fourth-order valence-corrected chi connectivity index (χ4v) is 2.92. The quantitative estimate of drug-likeness (QED) is 0.708. The van der Waals surface area contributed by atoms with E-state index in [-0.39, 0.29) is 23.6 Å². The third kappa shape index (κ3) is 2.50. The van der Waals surface area contributed by atoms with Crippen LogP contribution in [0.4, 0.5) is 5.69 Å². The summed E-state index contributed by atoms with van der Waals surface area (Å²) in [6.07, 6.45) is 0.807. The van der Waals surface area contributed by atoms with Crippen molar-refractivity contribution in [3.63, 3.8) is 0 Å². The third-order valence-corrected chi connectivity index (χ3v) is 4.24. The van der Waals surface area contributed by atoms with Gasteiger partial charge in [0.25, 0.3) is 5.91 Å². The number of aromatic amines is 1. The van der Waals surface area contributed by atoms with Crippen LogP contribution in [-0.4, -0.2) is 16.0 Å². The summed E-state index contributed by atoms with van der Waals surface area (Å²) in [7, 11) is 0. The van der Waals surface area contributed by atoms with E-state index in [4.69, 9.17) is 0 Å². The summed E-state index contributed by atoms with van der Waals surface area (Å²) in [6.45, 7) is 0. The van der Waals surface area contributed by atoms with Crippen molar-refractivity contribution < 1.29 is 9.90 Å². The monoisotopic (exact) mass is 305 g/mol. The van der Waals surface area contributed by atoms with Crippen LogP contribution in [0.5, 0.6) is 5.88 Å². The predicted octanol–water partition coefficient (Wildman–Crippen LogP) is 4.29. The Bertz CT molecular complexity index is 899. The van der Waals surface area contributed by atoms with Crippen molar-refractivity contribution in [1.29, 1.82) is 0 Å². The number of nitrogens with one attached hydrogen (secondary N) is 1. The van der Waals surface area contributed by atoms with Gasteiger partial charge in [-0.3, -0.25) is 4.79 Å². The molecule has 1 heterocycles. The highest BCUT2D eigenvalue weighted by Crippen LogP contribution is 2.48. The number of nitrogens with zero attached hydrogens (tertiary/aromatic N) is 2. The molecule has 0 spiro atoms. The smallest absolute Gasteiger partial charge is 0.268 e. The summed E-state index contributed by atoms with van der Waals surface area (Å²) in [5, 5.41) is 18.5. The van der Waals surface area contributed by atoms with E-state index in [0.29, 0.717) is 5.69 Å². The van der Waals surface area contributed by atoms with Gasteiger partial charge in [-0.15, -0.1) is 10.2 Å². The number of carbonyl (C=O) groups excluding carboxylic acids is 1. The molecule has 5 nitrogen and oxygen atoms in total. The molecule has 0 bridgehead atoms. The largest absolute Gasteiger partial charge is 0.493 e. The highest BCUT2D eigenvalue weighted by molar-refractivity contribution is 5.94. The fraction of sp³-hybridized carbons (Fsp3) is 0.167. The first-order valence-corrected chi connectivity index (χ1v) is 7.54. The molecule has 0 radical (unpaired) electrons. The van der Waals surface area contributed by atoms with E-state index in [1.54, 1.807) is 0 Å². The summed E-state index contributed by atoms with van der Waals surface area (Å²) in [5.41, 5.74) is 2.24. The minimum Gasteiger partial charge on any atom is -0.493 e. The second-order valence-electron chi connectivity index (χ2n) is 5.77. The molecule has 23 heavy (non-hydrogen) atoms. The lowest BCUT2D eigenvalue weighted by atomic mass is 10.1. The Morgan fingerprint density at radius 2 is 1.83 bits per heavy atom. The molecule has 1 aliphatic rings. The number of hydrogen-bond donors (Lipinski definition) is 2. The van der Waals surface area contributed by atoms with Crippen molar-refractivity contribution in [2.45, 2.75) is 12.3 Å². The lowest BCUT2D eigenvalue weighted by molar-refractivity contribution is -0.119. The number of fused-ring (bicyclic) bond motifs is 1. The number of carbonyl (C=O) groups is 1. The maximum absolute atomic E-state index is 12.2. The highest BCUT2D eigenvalue weighted by Gasteiger charge is 2.44. The Labute approximate surface area is 132 Å². The van der Waals surface area contributed by atoms with Crippen molar-refractivity contribution in [2.75, 3.05) is 0 Å². The van der Waals surface area contributed by atoms with Gasteiger partial charge in [0.15, 0.2) is 5.69 Å². The number of aromatic nitrogens is 1. The first-order valence-electron chi connectivity index (χ1n) is 7.54. The van der Waals surface area contributed by atoms with E-state index >= 15 is 0 Å². The van der Waals surface area contributed by atoms with E-state index in [9.17, 15) is 9.90 Å². The molecule has 1 fully saturated rings. The average molecular weight is 305 g/mol. The van der Waals surface area contributed by atoms with Gasteiger partial charge >= 0.3 is 0 Å². The Balaban J connectivity index is 1.53. The molecule has 0 unspecified atom stereocenters. The number of rotatable bonds is 3. The second kappa shape index (κ2) is 5.35. The van der Waals surface area contributed by atoms with E-state index in [0.717, 1.165) is 22.9 Å². The maximum Gasteiger partial charge on any atom is 0.268 e. The van der Waals surface area contributed by atoms with Crippen LogP contribution in [0.3, 0.4) is 0 Å². The van der Waals surface area contributed by atoms with Gasteiger partial charge in [0.05, 0.1) is 5.52 Å². The number of azo groups is 1. The normalized spacial score (nSPS) is 20.2. The maximum atomic E-state index is 12.2. The van der Waals surface area contributed by atoms with Crippen LogP contribution < -0.4 is 0 Å². The van der Waals surface area contributed by atoms with Crippen molar-refractivity contribution in [3.05, 3.63) is 60.2 Å². The Kier molecular flexibility index (Phi) is 3.19. The molecular weight excluding hydrogens is 290 g/mol. The van der Waals surface area contributed by atoms with E-state index in [2.05, 4.69) is 15.2 Å². The zero-order chi connectivity index (χ0) is 15.8. The number of H-pyrrole nitrogens is 1. The summed E-state index contributed by atoms with van der Waals surface area (Å²) in [6, 6.07) is 17.3. The molecule has 114 valence electrons.